The molecule has 170 valence electrons. The zero-order valence-electron chi connectivity index (χ0n) is 16.9. The number of rotatable bonds is 5. The summed E-state index contributed by atoms with van der Waals surface area (Å²) >= 11 is 0. The second kappa shape index (κ2) is 8.80. The fourth-order valence-electron chi connectivity index (χ4n) is 3.85. The smallest absolute Gasteiger partial charge is 0.373 e. The maximum absolute atomic E-state index is 13.2. The molecule has 0 spiro atoms. The molecule has 3 rings (SSSR count). The van der Waals surface area contributed by atoms with Crippen molar-refractivity contribution >= 4 is 0 Å². The van der Waals surface area contributed by atoms with Crippen LogP contribution in [0.2, 0.25) is 0 Å². The van der Waals surface area contributed by atoms with Crippen LogP contribution >= 0.6 is 0 Å². The molecule has 2 N–H and O–H groups in total. The highest BCUT2D eigenvalue weighted by Gasteiger charge is 2.39. The Morgan fingerprint density at radius 1 is 0.935 bits per heavy atom. The van der Waals surface area contributed by atoms with Crippen LogP contribution in [0.1, 0.15) is 48.1 Å². The Hall–Kier alpha value is -2.10. The van der Waals surface area contributed by atoms with E-state index in [0.29, 0.717) is 25.9 Å². The Kier molecular flexibility index (Phi) is 6.69. The SMILES string of the molecule is C[C@@H](OCC1(c2ccccc2)CCN(N)CC1)c1cc(C(F)(F)F)cc(C(F)(F)F)c1. The van der Waals surface area contributed by atoms with E-state index in [-0.39, 0.29) is 18.2 Å². The van der Waals surface area contributed by atoms with Gasteiger partial charge in [0.05, 0.1) is 23.8 Å². The molecule has 0 bridgehead atoms. The lowest BCUT2D eigenvalue weighted by molar-refractivity contribution is -0.143. The molecule has 1 aliphatic rings. The number of hydrogen-bond donors (Lipinski definition) is 1. The third-order valence-corrected chi connectivity index (χ3v) is 5.83. The van der Waals surface area contributed by atoms with Gasteiger partial charge < -0.3 is 4.74 Å². The molecular formula is C22H24F6N2O. The predicted octanol–water partition coefficient (Wildman–Crippen LogP) is 5.71. The van der Waals surface area contributed by atoms with Crippen LogP contribution < -0.4 is 5.84 Å². The lowest BCUT2D eigenvalue weighted by atomic mass is 9.73. The van der Waals surface area contributed by atoms with Gasteiger partial charge in [0.1, 0.15) is 0 Å². The molecule has 3 nitrogen and oxygen atoms in total. The first-order valence-corrected chi connectivity index (χ1v) is 9.87. The number of hydrazine groups is 1. The molecule has 0 saturated carbocycles. The lowest BCUT2D eigenvalue weighted by Gasteiger charge is -2.41. The van der Waals surface area contributed by atoms with E-state index >= 15 is 0 Å². The molecule has 2 aromatic carbocycles. The Bertz CT molecular complexity index is 842. The molecule has 1 atom stereocenters. The Balaban J connectivity index is 1.87. The van der Waals surface area contributed by atoms with Crippen molar-refractivity contribution in [1.82, 2.24) is 5.01 Å². The Morgan fingerprint density at radius 2 is 1.45 bits per heavy atom. The van der Waals surface area contributed by atoms with Gasteiger partial charge in [0.15, 0.2) is 0 Å². The third-order valence-electron chi connectivity index (χ3n) is 5.83. The minimum atomic E-state index is -4.89. The number of ether oxygens (including phenoxy) is 1. The molecular weight excluding hydrogens is 422 g/mol. The Morgan fingerprint density at radius 3 is 1.94 bits per heavy atom. The van der Waals surface area contributed by atoms with Crippen molar-refractivity contribution in [2.24, 2.45) is 5.84 Å². The van der Waals surface area contributed by atoms with E-state index in [2.05, 4.69) is 0 Å². The molecule has 1 fully saturated rings. The van der Waals surface area contributed by atoms with Gasteiger partial charge in [-0.05, 0) is 49.1 Å². The molecule has 0 radical (unpaired) electrons. The maximum atomic E-state index is 13.2. The summed E-state index contributed by atoms with van der Waals surface area (Å²) in [5.41, 5.74) is -2.26. The monoisotopic (exact) mass is 446 g/mol. The summed E-state index contributed by atoms with van der Waals surface area (Å²) < 4.78 is 84.9. The van der Waals surface area contributed by atoms with Gasteiger partial charge in [0.2, 0.25) is 0 Å². The van der Waals surface area contributed by atoms with Crippen LogP contribution in [0.15, 0.2) is 48.5 Å². The van der Waals surface area contributed by atoms with Crippen LogP contribution in [0.3, 0.4) is 0 Å². The highest BCUT2D eigenvalue weighted by molar-refractivity contribution is 5.35. The van der Waals surface area contributed by atoms with Crippen molar-refractivity contribution in [2.45, 2.75) is 43.6 Å². The normalized spacial score (nSPS) is 18.7. The highest BCUT2D eigenvalue weighted by atomic mass is 19.4. The van der Waals surface area contributed by atoms with Crippen molar-refractivity contribution in [2.75, 3.05) is 19.7 Å². The summed E-state index contributed by atoms with van der Waals surface area (Å²) in [6.45, 7) is 2.83. The molecule has 0 aliphatic carbocycles. The number of nitrogens with two attached hydrogens (primary N) is 1. The summed E-state index contributed by atoms with van der Waals surface area (Å²) in [6.07, 6.45) is -9.42. The van der Waals surface area contributed by atoms with E-state index in [9.17, 15) is 26.3 Å². The van der Waals surface area contributed by atoms with Gasteiger partial charge in [0.25, 0.3) is 0 Å². The van der Waals surface area contributed by atoms with Crippen molar-refractivity contribution < 1.29 is 31.1 Å². The van der Waals surface area contributed by atoms with Crippen LogP contribution in [-0.2, 0) is 22.5 Å². The van der Waals surface area contributed by atoms with Gasteiger partial charge >= 0.3 is 12.4 Å². The zero-order chi connectivity index (χ0) is 22.9. The first-order chi connectivity index (χ1) is 14.4. The molecule has 31 heavy (non-hydrogen) atoms. The summed E-state index contributed by atoms with van der Waals surface area (Å²) in [7, 11) is 0. The van der Waals surface area contributed by atoms with Crippen LogP contribution in [0.25, 0.3) is 0 Å². The van der Waals surface area contributed by atoms with E-state index in [1.54, 1.807) is 5.01 Å². The standard InChI is InChI=1S/C22H24F6N2O/c1-15(16-11-18(21(23,24)25)13-19(12-16)22(26,27)28)31-14-20(7-9-30(29)10-8-20)17-5-3-2-4-6-17/h2-6,11-13,15H,7-10,14,29H2,1H3/t15-/m1/s1. The minimum Gasteiger partial charge on any atom is -0.373 e. The van der Waals surface area contributed by atoms with Crippen LogP contribution in [0.4, 0.5) is 26.3 Å². The number of nitrogens with zero attached hydrogens (tertiary/aromatic N) is 1. The van der Waals surface area contributed by atoms with Crippen molar-refractivity contribution in [3.8, 4) is 0 Å². The average molecular weight is 446 g/mol. The number of benzene rings is 2. The Labute approximate surface area is 176 Å². The minimum absolute atomic E-state index is 0.124. The van der Waals surface area contributed by atoms with Gasteiger partial charge in [-0.3, -0.25) is 5.84 Å². The van der Waals surface area contributed by atoms with Crippen molar-refractivity contribution in [3.05, 3.63) is 70.8 Å². The fraction of sp³-hybridized carbons (Fsp3) is 0.455. The largest absolute Gasteiger partial charge is 0.416 e. The van der Waals surface area contributed by atoms with E-state index < -0.39 is 35.0 Å². The van der Waals surface area contributed by atoms with Gasteiger partial charge in [-0.1, -0.05) is 30.3 Å². The number of hydrogen-bond acceptors (Lipinski definition) is 3. The predicted molar refractivity (Wildman–Crippen MR) is 104 cm³/mol. The van der Waals surface area contributed by atoms with Crippen molar-refractivity contribution in [1.29, 1.82) is 0 Å². The third kappa shape index (κ3) is 5.58. The summed E-state index contributed by atoms with van der Waals surface area (Å²) in [5, 5.41) is 1.69. The molecule has 1 aliphatic heterocycles. The summed E-state index contributed by atoms with van der Waals surface area (Å²) in [6, 6.07) is 11.1. The first-order valence-electron chi connectivity index (χ1n) is 9.87. The van der Waals surface area contributed by atoms with E-state index in [1.165, 1.54) is 6.92 Å². The molecule has 1 heterocycles. The number of piperidine rings is 1. The lowest BCUT2D eigenvalue weighted by Crippen LogP contribution is -2.48. The molecule has 1 saturated heterocycles. The second-order valence-corrected chi connectivity index (χ2v) is 7.97. The molecule has 2 aromatic rings. The quantitative estimate of drug-likeness (QED) is 0.472. The van der Waals surface area contributed by atoms with Crippen LogP contribution in [-0.4, -0.2) is 24.7 Å². The van der Waals surface area contributed by atoms with Crippen molar-refractivity contribution in [3.63, 3.8) is 0 Å². The number of alkyl halides is 6. The molecule has 9 heteroatoms. The van der Waals surface area contributed by atoms with Gasteiger partial charge in [0, 0.05) is 18.5 Å². The van der Waals surface area contributed by atoms with Gasteiger partial charge in [-0.15, -0.1) is 0 Å². The molecule has 0 unspecified atom stereocenters. The van der Waals surface area contributed by atoms with E-state index in [1.807, 2.05) is 30.3 Å². The highest BCUT2D eigenvalue weighted by Crippen LogP contribution is 2.40. The van der Waals surface area contributed by atoms with Gasteiger partial charge in [-0.25, -0.2) is 5.01 Å². The fourth-order valence-corrected chi connectivity index (χ4v) is 3.85. The first kappa shape index (κ1) is 23.6. The average Bonchev–Trinajstić information content (AvgIpc) is 2.72. The van der Waals surface area contributed by atoms with E-state index in [4.69, 9.17) is 10.6 Å². The number of halogens is 6. The van der Waals surface area contributed by atoms with Crippen LogP contribution in [0, 0.1) is 0 Å². The molecule has 0 aromatic heterocycles. The topological polar surface area (TPSA) is 38.5 Å². The van der Waals surface area contributed by atoms with Gasteiger partial charge in [-0.2, -0.15) is 26.3 Å². The van der Waals surface area contributed by atoms with E-state index in [0.717, 1.165) is 17.7 Å². The molecule has 0 amide bonds. The van der Waals surface area contributed by atoms with Crippen LogP contribution in [0.5, 0.6) is 0 Å². The maximum Gasteiger partial charge on any atom is 0.416 e. The summed E-state index contributed by atoms with van der Waals surface area (Å²) in [5.74, 6) is 5.88. The second-order valence-electron chi connectivity index (χ2n) is 7.97. The summed E-state index contributed by atoms with van der Waals surface area (Å²) in [4.78, 5) is 0. The zero-order valence-corrected chi connectivity index (χ0v) is 16.9.